The molecule has 1 atom stereocenters. The van der Waals surface area contributed by atoms with Crippen LogP contribution >= 0.6 is 0 Å². The average Bonchev–Trinajstić information content (AvgIpc) is 2.51. The Morgan fingerprint density at radius 2 is 2.19 bits per heavy atom. The molecule has 0 aliphatic heterocycles. The number of aromatic nitrogens is 1. The van der Waals surface area contributed by atoms with Crippen molar-refractivity contribution in [3.63, 3.8) is 0 Å². The number of pyridine rings is 1. The topological polar surface area (TPSA) is 48.7 Å². The van der Waals surface area contributed by atoms with Crippen molar-refractivity contribution in [3.05, 3.63) is 22.9 Å². The molecule has 1 unspecified atom stereocenters. The Morgan fingerprint density at radius 1 is 1.43 bits per heavy atom. The second-order valence-corrected chi connectivity index (χ2v) is 6.81. The Morgan fingerprint density at radius 3 is 2.81 bits per heavy atom. The summed E-state index contributed by atoms with van der Waals surface area (Å²) >= 11 is 0. The van der Waals surface area contributed by atoms with Gasteiger partial charge in [0.2, 0.25) is 0 Å². The zero-order chi connectivity index (χ0) is 15.5. The highest BCUT2D eigenvalue weighted by molar-refractivity contribution is 5.54. The third-order valence-corrected chi connectivity index (χ3v) is 5.07. The minimum atomic E-state index is 0.365. The van der Waals surface area contributed by atoms with Crippen molar-refractivity contribution in [1.29, 1.82) is 5.26 Å². The number of rotatable bonds is 5. The van der Waals surface area contributed by atoms with E-state index in [1.807, 2.05) is 0 Å². The van der Waals surface area contributed by atoms with Crippen LogP contribution in [0.4, 0.5) is 5.82 Å². The zero-order valence-corrected chi connectivity index (χ0v) is 13.8. The molecule has 0 saturated heterocycles. The fourth-order valence-corrected chi connectivity index (χ4v) is 3.08. The van der Waals surface area contributed by atoms with Crippen LogP contribution in [0, 0.1) is 22.7 Å². The van der Waals surface area contributed by atoms with Crippen molar-refractivity contribution in [2.24, 2.45) is 11.3 Å². The van der Waals surface area contributed by atoms with Crippen LogP contribution in [0.1, 0.15) is 63.8 Å². The lowest BCUT2D eigenvalue weighted by atomic mass is 9.69. The first-order valence-corrected chi connectivity index (χ1v) is 8.18. The summed E-state index contributed by atoms with van der Waals surface area (Å²) in [5.74, 6) is 1.46. The molecule has 0 fully saturated rings. The Bertz CT molecular complexity index is 540. The number of nitriles is 1. The number of fused-ring (bicyclic) bond motifs is 1. The lowest BCUT2D eigenvalue weighted by molar-refractivity contribution is 0.182. The van der Waals surface area contributed by atoms with E-state index < -0.39 is 0 Å². The van der Waals surface area contributed by atoms with Crippen LogP contribution < -0.4 is 5.32 Å². The highest BCUT2D eigenvalue weighted by Crippen LogP contribution is 2.40. The lowest BCUT2D eigenvalue weighted by Gasteiger charge is -2.37. The van der Waals surface area contributed by atoms with Crippen molar-refractivity contribution < 1.29 is 0 Å². The highest BCUT2D eigenvalue weighted by Gasteiger charge is 2.31. The van der Waals surface area contributed by atoms with E-state index in [0.29, 0.717) is 16.9 Å². The van der Waals surface area contributed by atoms with Gasteiger partial charge in [0, 0.05) is 12.2 Å². The second-order valence-electron chi connectivity index (χ2n) is 6.81. The largest absolute Gasteiger partial charge is 0.369 e. The minimum absolute atomic E-state index is 0.365. The number of nitrogens with one attached hydrogen (secondary N) is 1. The summed E-state index contributed by atoms with van der Waals surface area (Å²) in [6, 6.07) is 4.36. The van der Waals surface area contributed by atoms with Gasteiger partial charge in [-0.25, -0.2) is 4.98 Å². The van der Waals surface area contributed by atoms with E-state index in [1.54, 1.807) is 0 Å². The third kappa shape index (κ3) is 3.37. The van der Waals surface area contributed by atoms with Gasteiger partial charge in [0.05, 0.1) is 5.56 Å². The third-order valence-electron chi connectivity index (χ3n) is 5.07. The molecular weight excluding hydrogens is 258 g/mol. The van der Waals surface area contributed by atoms with Gasteiger partial charge in [0.1, 0.15) is 11.9 Å². The molecule has 1 aliphatic carbocycles. The zero-order valence-electron chi connectivity index (χ0n) is 13.8. The van der Waals surface area contributed by atoms with Crippen molar-refractivity contribution in [3.8, 4) is 6.07 Å². The predicted molar refractivity (Wildman–Crippen MR) is 87.3 cm³/mol. The molecule has 1 N–H and O–H groups in total. The molecule has 3 heteroatoms. The summed E-state index contributed by atoms with van der Waals surface area (Å²) in [7, 11) is 0. The molecule has 0 amide bonds. The summed E-state index contributed by atoms with van der Waals surface area (Å²) in [4.78, 5) is 4.73. The van der Waals surface area contributed by atoms with Gasteiger partial charge < -0.3 is 5.32 Å². The van der Waals surface area contributed by atoms with E-state index in [9.17, 15) is 5.26 Å². The van der Waals surface area contributed by atoms with Crippen LogP contribution in [-0.4, -0.2) is 11.5 Å². The standard InChI is InChI=1S/C18H27N3/c1-5-9-20-17-14(12-19)10-13-11-15(18(3,4)6-2)7-8-16(13)21-17/h10,15H,5-9,11H2,1-4H3,(H,20,21). The first-order chi connectivity index (χ1) is 10.0. The first kappa shape index (κ1) is 15.8. The van der Waals surface area contributed by atoms with Crippen molar-refractivity contribution in [2.45, 2.75) is 59.8 Å². The van der Waals surface area contributed by atoms with Gasteiger partial charge in [-0.05, 0) is 48.6 Å². The number of anilines is 1. The Kier molecular flexibility index (Phi) is 4.88. The predicted octanol–water partition coefficient (Wildman–Crippen LogP) is 4.32. The number of hydrogen-bond donors (Lipinski definition) is 1. The van der Waals surface area contributed by atoms with Gasteiger partial charge in [-0.1, -0.05) is 34.1 Å². The van der Waals surface area contributed by atoms with Crippen LogP contribution in [-0.2, 0) is 12.8 Å². The number of nitrogens with zero attached hydrogens (tertiary/aromatic N) is 2. The van der Waals surface area contributed by atoms with E-state index in [-0.39, 0.29) is 0 Å². The van der Waals surface area contributed by atoms with Gasteiger partial charge >= 0.3 is 0 Å². The Balaban J connectivity index is 2.27. The molecule has 21 heavy (non-hydrogen) atoms. The normalized spacial score (nSPS) is 18.0. The maximum atomic E-state index is 9.36. The van der Waals surface area contributed by atoms with Crippen LogP contribution in [0.15, 0.2) is 6.07 Å². The van der Waals surface area contributed by atoms with Gasteiger partial charge in [-0.2, -0.15) is 5.26 Å². The molecule has 1 aromatic heterocycles. The first-order valence-electron chi connectivity index (χ1n) is 8.18. The summed E-state index contributed by atoms with van der Waals surface area (Å²) in [5.41, 5.74) is 3.53. The monoisotopic (exact) mass is 285 g/mol. The van der Waals surface area contributed by atoms with E-state index in [1.165, 1.54) is 24.1 Å². The molecule has 0 saturated carbocycles. The Hall–Kier alpha value is -1.56. The maximum Gasteiger partial charge on any atom is 0.144 e. The molecule has 0 radical (unpaired) electrons. The SMILES string of the molecule is CCCNc1nc2c(cc1C#N)CC(C(C)(C)CC)CC2. The Labute approximate surface area is 128 Å². The molecule has 2 rings (SSSR count). The number of aryl methyl sites for hydroxylation is 1. The molecular formula is C18H27N3. The average molecular weight is 285 g/mol. The summed E-state index contributed by atoms with van der Waals surface area (Å²) in [6.07, 6.45) is 5.54. The lowest BCUT2D eigenvalue weighted by Crippen LogP contribution is -2.29. The van der Waals surface area contributed by atoms with Crippen LogP contribution in [0.2, 0.25) is 0 Å². The molecule has 1 aromatic rings. The maximum absolute atomic E-state index is 9.36. The summed E-state index contributed by atoms with van der Waals surface area (Å²) < 4.78 is 0. The molecule has 1 aliphatic rings. The van der Waals surface area contributed by atoms with E-state index in [0.717, 1.165) is 31.6 Å². The van der Waals surface area contributed by atoms with E-state index >= 15 is 0 Å². The number of hydrogen-bond acceptors (Lipinski definition) is 3. The molecule has 1 heterocycles. The van der Waals surface area contributed by atoms with Crippen LogP contribution in [0.3, 0.4) is 0 Å². The molecule has 0 spiro atoms. The van der Waals surface area contributed by atoms with Gasteiger partial charge in [0.15, 0.2) is 0 Å². The van der Waals surface area contributed by atoms with Gasteiger partial charge in [0.25, 0.3) is 0 Å². The van der Waals surface area contributed by atoms with Crippen molar-refractivity contribution >= 4 is 5.82 Å². The second kappa shape index (κ2) is 6.47. The van der Waals surface area contributed by atoms with Crippen LogP contribution in [0.25, 0.3) is 0 Å². The minimum Gasteiger partial charge on any atom is -0.369 e. The summed E-state index contributed by atoms with van der Waals surface area (Å²) in [5, 5.41) is 12.6. The van der Waals surface area contributed by atoms with Crippen molar-refractivity contribution in [2.75, 3.05) is 11.9 Å². The van der Waals surface area contributed by atoms with Crippen molar-refractivity contribution in [1.82, 2.24) is 4.98 Å². The van der Waals surface area contributed by atoms with Crippen LogP contribution in [0.5, 0.6) is 0 Å². The van der Waals surface area contributed by atoms with Gasteiger partial charge in [-0.15, -0.1) is 0 Å². The fourth-order valence-electron chi connectivity index (χ4n) is 3.08. The quantitative estimate of drug-likeness (QED) is 0.876. The van der Waals surface area contributed by atoms with Gasteiger partial charge in [-0.3, -0.25) is 0 Å². The fraction of sp³-hybridized carbons (Fsp3) is 0.667. The van der Waals surface area contributed by atoms with E-state index in [4.69, 9.17) is 4.98 Å². The highest BCUT2D eigenvalue weighted by atomic mass is 15.0. The molecule has 0 bridgehead atoms. The smallest absolute Gasteiger partial charge is 0.144 e. The molecule has 0 aromatic carbocycles. The molecule has 3 nitrogen and oxygen atoms in total. The summed E-state index contributed by atoms with van der Waals surface area (Å²) in [6.45, 7) is 9.98. The molecule has 114 valence electrons. The van der Waals surface area contributed by atoms with E-state index in [2.05, 4.69) is 45.1 Å².